The molecule has 3 aromatic heterocycles. The van der Waals surface area contributed by atoms with Crippen molar-refractivity contribution in [1.29, 1.82) is 0 Å². The lowest BCUT2D eigenvalue weighted by Crippen LogP contribution is -2.00. The van der Waals surface area contributed by atoms with Gasteiger partial charge in [0.1, 0.15) is 11.2 Å². The van der Waals surface area contributed by atoms with Gasteiger partial charge in [-0.15, -0.1) is 0 Å². The minimum Gasteiger partial charge on any atom is -0.455 e. The van der Waals surface area contributed by atoms with E-state index >= 15 is 0 Å². The summed E-state index contributed by atoms with van der Waals surface area (Å²) in [6.07, 6.45) is 1.82. The highest BCUT2D eigenvalue weighted by Gasteiger charge is 2.19. The van der Waals surface area contributed by atoms with E-state index in [2.05, 4.69) is 114 Å². The summed E-state index contributed by atoms with van der Waals surface area (Å²) >= 11 is 0. The fraction of sp³-hybridized carbons (Fsp3) is 0. The Morgan fingerprint density at radius 2 is 1.09 bits per heavy atom. The molecule has 5 nitrogen and oxygen atoms in total. The summed E-state index contributed by atoms with van der Waals surface area (Å²) in [7, 11) is 0. The van der Waals surface area contributed by atoms with E-state index in [-0.39, 0.29) is 0 Å². The Labute approximate surface area is 268 Å². The molecule has 5 heteroatoms. The van der Waals surface area contributed by atoms with Crippen molar-refractivity contribution in [3.05, 3.63) is 146 Å². The summed E-state index contributed by atoms with van der Waals surface area (Å²) in [5, 5.41) is 10.1. The average molecular weight is 601 g/mol. The molecule has 0 saturated heterocycles. The van der Waals surface area contributed by atoms with Crippen LogP contribution in [-0.4, -0.2) is 19.9 Å². The molecule has 0 N–H and O–H groups in total. The molecule has 0 aliphatic heterocycles. The van der Waals surface area contributed by atoms with Crippen LogP contribution in [0.25, 0.3) is 99.3 Å². The first kappa shape index (κ1) is 25.8. The third kappa shape index (κ3) is 4.10. The highest BCUT2D eigenvalue weighted by molar-refractivity contribution is 6.20. The van der Waals surface area contributed by atoms with Crippen LogP contribution in [0.15, 0.2) is 150 Å². The summed E-state index contributed by atoms with van der Waals surface area (Å²) in [5.74, 6) is 1.77. The second-order valence-corrected chi connectivity index (χ2v) is 11.9. The molecule has 0 amide bonds. The molecule has 10 rings (SSSR count). The Bertz CT molecular complexity index is 2870. The fourth-order valence-electron chi connectivity index (χ4n) is 6.85. The summed E-state index contributed by atoms with van der Waals surface area (Å²) in [6, 6.07) is 48.2. The van der Waals surface area contributed by atoms with Gasteiger partial charge in [-0.25, -0.2) is 15.0 Å². The highest BCUT2D eigenvalue weighted by atomic mass is 16.3. The number of fused-ring (bicyclic) bond motifs is 9. The predicted molar refractivity (Wildman–Crippen MR) is 191 cm³/mol. The largest absolute Gasteiger partial charge is 0.455 e. The third-order valence-corrected chi connectivity index (χ3v) is 9.13. The second kappa shape index (κ2) is 10.0. The fourth-order valence-corrected chi connectivity index (χ4v) is 6.85. The van der Waals surface area contributed by atoms with Crippen LogP contribution in [0, 0.1) is 0 Å². The number of furan rings is 1. The first-order valence-electron chi connectivity index (χ1n) is 15.6. The van der Waals surface area contributed by atoms with Crippen molar-refractivity contribution in [1.82, 2.24) is 19.9 Å². The van der Waals surface area contributed by atoms with Crippen LogP contribution in [0.5, 0.6) is 0 Å². The van der Waals surface area contributed by atoms with Gasteiger partial charge in [-0.2, -0.15) is 0 Å². The van der Waals surface area contributed by atoms with E-state index in [0.29, 0.717) is 17.5 Å². The van der Waals surface area contributed by atoms with Crippen molar-refractivity contribution < 1.29 is 4.42 Å². The number of para-hydroxylation sites is 1. The molecule has 47 heavy (non-hydrogen) atoms. The van der Waals surface area contributed by atoms with Crippen LogP contribution in [-0.2, 0) is 0 Å². The SMILES string of the molecule is c1ccc2cc(-c3nc(-c4ccc5ccc6ccccc6c5c4)nc(-c4cccc5c4oc4ccc6ncccc6c45)n3)ccc2c1. The Morgan fingerprint density at radius 3 is 1.96 bits per heavy atom. The zero-order valence-electron chi connectivity index (χ0n) is 25.1. The van der Waals surface area contributed by atoms with Crippen LogP contribution in [0.4, 0.5) is 0 Å². The van der Waals surface area contributed by atoms with Crippen LogP contribution < -0.4 is 0 Å². The van der Waals surface area contributed by atoms with Crippen molar-refractivity contribution >= 4 is 65.2 Å². The Kier molecular flexibility index (Phi) is 5.51. The normalized spacial score (nSPS) is 11.8. The average Bonchev–Trinajstić information content (AvgIpc) is 3.54. The number of benzene rings is 7. The number of hydrogen-bond donors (Lipinski definition) is 0. The number of rotatable bonds is 3. The maximum Gasteiger partial charge on any atom is 0.167 e. The number of hydrogen-bond acceptors (Lipinski definition) is 5. The summed E-state index contributed by atoms with van der Waals surface area (Å²) in [4.78, 5) is 19.9. The van der Waals surface area contributed by atoms with E-state index in [0.717, 1.165) is 60.3 Å². The van der Waals surface area contributed by atoms with Crippen molar-refractivity contribution in [3.63, 3.8) is 0 Å². The van der Waals surface area contributed by atoms with Gasteiger partial charge in [0.05, 0.1) is 11.1 Å². The number of pyridine rings is 1. The Hall–Kier alpha value is -6.46. The van der Waals surface area contributed by atoms with Crippen LogP contribution in [0.1, 0.15) is 0 Å². The van der Waals surface area contributed by atoms with Gasteiger partial charge < -0.3 is 4.42 Å². The summed E-state index contributed by atoms with van der Waals surface area (Å²) < 4.78 is 6.57. The number of aromatic nitrogens is 4. The topological polar surface area (TPSA) is 64.7 Å². The van der Waals surface area contributed by atoms with Gasteiger partial charge in [0.25, 0.3) is 0 Å². The molecule has 0 unspecified atom stereocenters. The Balaban J connectivity index is 1.24. The predicted octanol–water partition coefficient (Wildman–Crippen LogP) is 10.8. The van der Waals surface area contributed by atoms with Gasteiger partial charge in [-0.1, -0.05) is 103 Å². The molecule has 0 bridgehead atoms. The molecule has 0 saturated carbocycles. The standard InChI is InChI=1S/C42H24N4O/c1-2-9-28-23-29(18-14-25(28)7-1)40-44-41(30-19-17-27-16-15-26-8-3-4-10-31(26)35(27)24-30)46-42(45-40)34-12-5-11-33-38-32-13-6-22-43-36(32)20-21-37(38)47-39(33)34/h1-24H. The highest BCUT2D eigenvalue weighted by Crippen LogP contribution is 2.39. The first-order valence-corrected chi connectivity index (χ1v) is 15.6. The zero-order chi connectivity index (χ0) is 30.9. The maximum absolute atomic E-state index is 6.57. The van der Waals surface area contributed by atoms with Gasteiger partial charge in [0, 0.05) is 33.5 Å². The molecule has 0 aliphatic carbocycles. The van der Waals surface area contributed by atoms with E-state index in [4.69, 9.17) is 19.4 Å². The van der Waals surface area contributed by atoms with Gasteiger partial charge in [-0.05, 0) is 68.7 Å². The van der Waals surface area contributed by atoms with Crippen LogP contribution in [0.2, 0.25) is 0 Å². The quantitative estimate of drug-likeness (QED) is 0.189. The van der Waals surface area contributed by atoms with E-state index in [1.165, 1.54) is 21.5 Å². The van der Waals surface area contributed by atoms with E-state index in [1.807, 2.05) is 36.5 Å². The molecule has 218 valence electrons. The molecule has 0 atom stereocenters. The lowest BCUT2D eigenvalue weighted by atomic mass is 9.99. The smallest absolute Gasteiger partial charge is 0.167 e. The van der Waals surface area contributed by atoms with Crippen molar-refractivity contribution in [3.8, 4) is 34.2 Å². The molecule has 3 heterocycles. The minimum absolute atomic E-state index is 0.559. The molecular formula is C42H24N4O. The molecule has 0 spiro atoms. The van der Waals surface area contributed by atoms with Crippen LogP contribution in [0.3, 0.4) is 0 Å². The van der Waals surface area contributed by atoms with Gasteiger partial charge >= 0.3 is 0 Å². The van der Waals surface area contributed by atoms with E-state index in [9.17, 15) is 0 Å². The maximum atomic E-state index is 6.57. The molecule has 7 aromatic carbocycles. The second-order valence-electron chi connectivity index (χ2n) is 11.9. The third-order valence-electron chi connectivity index (χ3n) is 9.13. The molecule has 0 radical (unpaired) electrons. The van der Waals surface area contributed by atoms with Crippen molar-refractivity contribution in [2.24, 2.45) is 0 Å². The lowest BCUT2D eigenvalue weighted by Gasteiger charge is -2.11. The minimum atomic E-state index is 0.559. The monoisotopic (exact) mass is 600 g/mol. The summed E-state index contributed by atoms with van der Waals surface area (Å²) in [5.41, 5.74) is 5.14. The van der Waals surface area contributed by atoms with Crippen LogP contribution >= 0.6 is 0 Å². The van der Waals surface area contributed by atoms with Gasteiger partial charge in [-0.3, -0.25) is 4.98 Å². The molecule has 10 aromatic rings. The molecule has 0 fully saturated rings. The van der Waals surface area contributed by atoms with Crippen molar-refractivity contribution in [2.75, 3.05) is 0 Å². The molecular weight excluding hydrogens is 576 g/mol. The van der Waals surface area contributed by atoms with Gasteiger partial charge in [0.2, 0.25) is 0 Å². The van der Waals surface area contributed by atoms with Gasteiger partial charge in [0.15, 0.2) is 17.5 Å². The van der Waals surface area contributed by atoms with E-state index in [1.54, 1.807) is 0 Å². The number of nitrogens with zero attached hydrogens (tertiary/aromatic N) is 4. The van der Waals surface area contributed by atoms with E-state index < -0.39 is 0 Å². The lowest BCUT2D eigenvalue weighted by molar-refractivity contribution is 0.669. The molecule has 0 aliphatic rings. The zero-order valence-corrected chi connectivity index (χ0v) is 25.1. The Morgan fingerprint density at radius 1 is 0.426 bits per heavy atom. The summed E-state index contributed by atoms with van der Waals surface area (Å²) in [6.45, 7) is 0. The van der Waals surface area contributed by atoms with Crippen molar-refractivity contribution in [2.45, 2.75) is 0 Å². The first-order chi connectivity index (χ1) is 23.3.